The molecule has 0 radical (unpaired) electrons. The molecule has 0 unspecified atom stereocenters. The fraction of sp³-hybridized carbons (Fsp3) is 0.444. The zero-order chi connectivity index (χ0) is 18.0. The average Bonchev–Trinajstić information content (AvgIpc) is 3.20. The zero-order valence-corrected chi connectivity index (χ0v) is 15.3. The smallest absolute Gasteiger partial charge is 0.274 e. The van der Waals surface area contributed by atoms with E-state index in [-0.39, 0.29) is 24.6 Å². The maximum atomic E-state index is 12.6. The van der Waals surface area contributed by atoms with Crippen LogP contribution in [0.25, 0.3) is 0 Å². The van der Waals surface area contributed by atoms with Crippen LogP contribution in [0.3, 0.4) is 0 Å². The first kappa shape index (κ1) is 17.6. The van der Waals surface area contributed by atoms with Gasteiger partial charge in [-0.05, 0) is 44.9 Å². The third-order valence-electron chi connectivity index (χ3n) is 4.56. The SMILES string of the molecule is COc1ccc(OCc2cc(C(=O)N3[C@H](C)CC[C@@H]3C)n[nH]2)c(Cl)c1. The van der Waals surface area contributed by atoms with E-state index in [2.05, 4.69) is 24.0 Å². The number of nitrogens with one attached hydrogen (secondary N) is 1. The van der Waals surface area contributed by atoms with Crippen molar-refractivity contribution in [3.05, 3.63) is 40.7 Å². The molecule has 7 heteroatoms. The molecule has 0 spiro atoms. The van der Waals surface area contributed by atoms with E-state index in [1.165, 1.54) is 0 Å². The number of likely N-dealkylation sites (tertiary alicyclic amines) is 1. The van der Waals surface area contributed by atoms with Crippen molar-refractivity contribution in [3.8, 4) is 11.5 Å². The lowest BCUT2D eigenvalue weighted by Crippen LogP contribution is -2.38. The van der Waals surface area contributed by atoms with Crippen LogP contribution in [0.15, 0.2) is 24.3 Å². The van der Waals surface area contributed by atoms with Crippen LogP contribution < -0.4 is 9.47 Å². The second kappa shape index (κ2) is 7.35. The van der Waals surface area contributed by atoms with Gasteiger partial charge in [-0.1, -0.05) is 11.6 Å². The number of H-pyrrole nitrogens is 1. The van der Waals surface area contributed by atoms with Gasteiger partial charge in [0.25, 0.3) is 5.91 Å². The molecule has 1 N–H and O–H groups in total. The van der Waals surface area contributed by atoms with Gasteiger partial charge in [-0.25, -0.2) is 0 Å². The van der Waals surface area contributed by atoms with Crippen molar-refractivity contribution in [2.75, 3.05) is 7.11 Å². The summed E-state index contributed by atoms with van der Waals surface area (Å²) in [6.45, 7) is 4.39. The number of nitrogens with zero attached hydrogens (tertiary/aromatic N) is 2. The first-order chi connectivity index (χ1) is 12.0. The summed E-state index contributed by atoms with van der Waals surface area (Å²) in [4.78, 5) is 14.6. The number of carbonyl (C=O) groups is 1. The van der Waals surface area contributed by atoms with E-state index in [9.17, 15) is 4.79 Å². The van der Waals surface area contributed by atoms with E-state index in [4.69, 9.17) is 21.1 Å². The third kappa shape index (κ3) is 3.74. The van der Waals surface area contributed by atoms with Gasteiger partial charge in [0.2, 0.25) is 0 Å². The maximum absolute atomic E-state index is 12.6. The number of halogens is 1. The fourth-order valence-corrected chi connectivity index (χ4v) is 3.38. The molecule has 0 bridgehead atoms. The molecule has 0 aliphatic carbocycles. The summed E-state index contributed by atoms with van der Waals surface area (Å²) >= 11 is 6.16. The first-order valence-corrected chi connectivity index (χ1v) is 8.70. The molecule has 1 saturated heterocycles. The first-order valence-electron chi connectivity index (χ1n) is 8.33. The number of ether oxygens (including phenoxy) is 2. The number of methoxy groups -OCH3 is 1. The summed E-state index contributed by atoms with van der Waals surface area (Å²) in [5, 5.41) is 7.47. The van der Waals surface area contributed by atoms with Crippen LogP contribution in [0.2, 0.25) is 5.02 Å². The fourth-order valence-electron chi connectivity index (χ4n) is 3.15. The second-order valence-corrected chi connectivity index (χ2v) is 6.76. The van der Waals surface area contributed by atoms with Gasteiger partial charge in [-0.15, -0.1) is 0 Å². The van der Waals surface area contributed by atoms with Crippen LogP contribution in [0.5, 0.6) is 11.5 Å². The Balaban J connectivity index is 1.65. The predicted molar refractivity (Wildman–Crippen MR) is 95.3 cm³/mol. The van der Waals surface area contributed by atoms with Gasteiger partial charge >= 0.3 is 0 Å². The molecule has 134 valence electrons. The van der Waals surface area contributed by atoms with Gasteiger partial charge in [0, 0.05) is 18.2 Å². The molecular formula is C18H22ClN3O3. The molecule has 1 aliphatic heterocycles. The minimum Gasteiger partial charge on any atom is -0.497 e. The highest BCUT2D eigenvalue weighted by molar-refractivity contribution is 6.32. The average molecular weight is 364 g/mol. The number of hydrogen-bond acceptors (Lipinski definition) is 4. The van der Waals surface area contributed by atoms with E-state index >= 15 is 0 Å². The minimum absolute atomic E-state index is 0.0394. The Bertz CT molecular complexity index is 752. The van der Waals surface area contributed by atoms with Gasteiger partial charge in [0.15, 0.2) is 5.69 Å². The molecule has 1 aromatic heterocycles. The molecule has 1 aromatic carbocycles. The van der Waals surface area contributed by atoms with Gasteiger partial charge in [-0.2, -0.15) is 5.10 Å². The van der Waals surface area contributed by atoms with E-state index in [0.717, 1.165) is 18.5 Å². The number of hydrogen-bond donors (Lipinski definition) is 1. The van der Waals surface area contributed by atoms with Gasteiger partial charge in [0.1, 0.15) is 18.1 Å². The Labute approximate surface area is 152 Å². The summed E-state index contributed by atoms with van der Waals surface area (Å²) in [7, 11) is 1.58. The Morgan fingerprint density at radius 2 is 2.04 bits per heavy atom. The molecule has 2 heterocycles. The highest BCUT2D eigenvalue weighted by Gasteiger charge is 2.33. The van der Waals surface area contributed by atoms with Crippen molar-refractivity contribution in [2.24, 2.45) is 0 Å². The molecule has 1 fully saturated rings. The Kier molecular flexibility index (Phi) is 5.18. The van der Waals surface area contributed by atoms with Crippen molar-refractivity contribution in [3.63, 3.8) is 0 Å². The molecule has 2 atom stereocenters. The predicted octanol–water partition coefficient (Wildman–Crippen LogP) is 3.66. The lowest BCUT2D eigenvalue weighted by Gasteiger charge is -2.25. The van der Waals surface area contributed by atoms with Crippen LogP contribution >= 0.6 is 11.6 Å². The summed E-state index contributed by atoms with van der Waals surface area (Å²) < 4.78 is 10.8. The highest BCUT2D eigenvalue weighted by atomic mass is 35.5. The van der Waals surface area contributed by atoms with Crippen molar-refractivity contribution >= 4 is 17.5 Å². The second-order valence-electron chi connectivity index (χ2n) is 6.35. The molecule has 0 saturated carbocycles. The zero-order valence-electron chi connectivity index (χ0n) is 14.6. The van der Waals surface area contributed by atoms with E-state index in [1.54, 1.807) is 31.4 Å². The van der Waals surface area contributed by atoms with Crippen LogP contribution in [0, 0.1) is 0 Å². The normalized spacial score (nSPS) is 19.9. The largest absolute Gasteiger partial charge is 0.497 e. The molecule has 6 nitrogen and oxygen atoms in total. The van der Waals surface area contributed by atoms with E-state index < -0.39 is 0 Å². The molecular weight excluding hydrogens is 342 g/mol. The van der Waals surface area contributed by atoms with Gasteiger partial charge in [-0.3, -0.25) is 9.89 Å². The van der Waals surface area contributed by atoms with Crippen LogP contribution in [0.4, 0.5) is 0 Å². The van der Waals surface area contributed by atoms with E-state index in [0.29, 0.717) is 22.2 Å². The summed E-state index contributed by atoms with van der Waals surface area (Å²) in [5.74, 6) is 1.18. The van der Waals surface area contributed by atoms with Crippen molar-refractivity contribution in [1.29, 1.82) is 0 Å². The van der Waals surface area contributed by atoms with Crippen molar-refractivity contribution in [1.82, 2.24) is 15.1 Å². The number of amides is 1. The van der Waals surface area contributed by atoms with Gasteiger partial charge in [0.05, 0.1) is 17.8 Å². The summed E-state index contributed by atoms with van der Waals surface area (Å²) in [6, 6.07) is 7.44. The molecule has 3 rings (SSSR count). The standard InChI is InChI=1S/C18H22ClN3O3/c1-11-4-5-12(2)22(11)18(23)16-8-13(20-21-16)10-25-17-7-6-14(24-3)9-15(17)19/h6-9,11-12H,4-5,10H2,1-3H3,(H,20,21)/t11-,12+. The van der Waals surface area contributed by atoms with E-state index in [1.807, 2.05) is 4.90 Å². The lowest BCUT2D eigenvalue weighted by molar-refractivity contribution is 0.0686. The third-order valence-corrected chi connectivity index (χ3v) is 4.85. The number of benzene rings is 1. The van der Waals surface area contributed by atoms with Crippen LogP contribution in [-0.4, -0.2) is 40.2 Å². The highest BCUT2D eigenvalue weighted by Crippen LogP contribution is 2.29. The van der Waals surface area contributed by atoms with Gasteiger partial charge < -0.3 is 14.4 Å². The molecule has 1 amide bonds. The Morgan fingerprint density at radius 3 is 2.68 bits per heavy atom. The molecule has 2 aromatic rings. The van der Waals surface area contributed by atoms with Crippen LogP contribution in [0.1, 0.15) is 42.9 Å². The topological polar surface area (TPSA) is 67.5 Å². The summed E-state index contributed by atoms with van der Waals surface area (Å²) in [5.41, 5.74) is 1.13. The Hall–Kier alpha value is -2.21. The van der Waals surface area contributed by atoms with Crippen molar-refractivity contribution < 1.29 is 14.3 Å². The maximum Gasteiger partial charge on any atom is 0.274 e. The quantitative estimate of drug-likeness (QED) is 0.880. The minimum atomic E-state index is -0.0394. The molecule has 1 aliphatic rings. The molecule has 25 heavy (non-hydrogen) atoms. The number of carbonyl (C=O) groups excluding carboxylic acids is 1. The number of aromatic amines is 1. The Morgan fingerprint density at radius 1 is 1.32 bits per heavy atom. The monoisotopic (exact) mass is 363 g/mol. The lowest BCUT2D eigenvalue weighted by atomic mass is 10.2. The number of rotatable bonds is 5. The summed E-state index contributed by atoms with van der Waals surface area (Å²) in [6.07, 6.45) is 2.06. The number of aromatic nitrogens is 2. The van der Waals surface area contributed by atoms with Crippen molar-refractivity contribution in [2.45, 2.75) is 45.4 Å². The van der Waals surface area contributed by atoms with Crippen LogP contribution in [-0.2, 0) is 6.61 Å².